The molecule has 0 atom stereocenters. The van der Waals surface area contributed by atoms with Gasteiger partial charge < -0.3 is 19.5 Å². The lowest BCUT2D eigenvalue weighted by atomic mass is 9.90. The summed E-state index contributed by atoms with van der Waals surface area (Å²) in [5.74, 6) is -1.31. The summed E-state index contributed by atoms with van der Waals surface area (Å²) in [6.07, 6.45) is -5.13. The van der Waals surface area contributed by atoms with Crippen LogP contribution in [-0.2, 0) is 9.47 Å². The third-order valence-corrected chi connectivity index (χ3v) is 8.74. The number of alkyl halides is 3. The van der Waals surface area contributed by atoms with Gasteiger partial charge in [-0.3, -0.25) is 0 Å². The fourth-order valence-corrected chi connectivity index (χ4v) is 7.12. The molecule has 0 unspecified atom stereocenters. The van der Waals surface area contributed by atoms with Crippen molar-refractivity contribution in [3.8, 4) is 16.3 Å². The van der Waals surface area contributed by atoms with Gasteiger partial charge in [-0.15, -0.1) is 11.8 Å². The molecule has 1 N–H and O–H groups in total. The van der Waals surface area contributed by atoms with Gasteiger partial charge in [-0.05, 0) is 24.6 Å². The van der Waals surface area contributed by atoms with E-state index in [2.05, 4.69) is 5.10 Å². The summed E-state index contributed by atoms with van der Waals surface area (Å²) in [5.41, 5.74) is -1.45. The average molecular weight is 603 g/mol. The number of benzene rings is 1. The van der Waals surface area contributed by atoms with E-state index in [0.29, 0.717) is 17.1 Å². The summed E-state index contributed by atoms with van der Waals surface area (Å²) in [6, 6.07) is 5.60. The van der Waals surface area contributed by atoms with Gasteiger partial charge in [0.05, 0.1) is 18.9 Å². The standard InChI is InChI=1S/C26H30F4N4O4S2/c1-15(2)39-23-21(33-10-8-25(9-11-33,26(28,29)30)38-13-12-37-4)31-24(40-23)34-20(22(35)36)19(16(3)32-34)17-6-5-7-18(27)14-17/h5-7,14-15H,8-13H2,1-4H3,(H,35,36). The highest BCUT2D eigenvalue weighted by Crippen LogP contribution is 2.45. The van der Waals surface area contributed by atoms with Gasteiger partial charge in [0.1, 0.15) is 10.0 Å². The number of carboxylic acids is 1. The molecule has 4 rings (SSSR count). The first-order valence-electron chi connectivity index (χ1n) is 12.6. The van der Waals surface area contributed by atoms with Crippen molar-refractivity contribution in [1.82, 2.24) is 14.8 Å². The molecule has 14 heteroatoms. The van der Waals surface area contributed by atoms with Crippen molar-refractivity contribution in [3.05, 3.63) is 41.5 Å². The number of aromatic nitrogens is 3. The van der Waals surface area contributed by atoms with Crippen LogP contribution in [0.2, 0.25) is 0 Å². The van der Waals surface area contributed by atoms with Crippen molar-refractivity contribution in [2.45, 2.75) is 54.8 Å². The number of carbonyl (C=O) groups is 1. The number of halogens is 4. The first kappa shape index (κ1) is 30.3. The molecule has 0 bridgehead atoms. The molecule has 1 aromatic carbocycles. The average Bonchev–Trinajstić information content (AvgIpc) is 3.44. The van der Waals surface area contributed by atoms with Crippen molar-refractivity contribution >= 4 is 34.9 Å². The fourth-order valence-electron chi connectivity index (χ4n) is 4.63. The van der Waals surface area contributed by atoms with Gasteiger partial charge in [-0.1, -0.05) is 37.3 Å². The maximum absolute atomic E-state index is 14.1. The van der Waals surface area contributed by atoms with E-state index in [0.717, 1.165) is 4.21 Å². The number of aryl methyl sites for hydroxylation is 1. The van der Waals surface area contributed by atoms with E-state index in [-0.39, 0.29) is 60.8 Å². The van der Waals surface area contributed by atoms with Crippen LogP contribution < -0.4 is 4.90 Å². The minimum Gasteiger partial charge on any atom is -0.476 e. The maximum Gasteiger partial charge on any atom is 0.417 e. The Morgan fingerprint density at radius 1 is 1.25 bits per heavy atom. The third kappa shape index (κ3) is 6.14. The summed E-state index contributed by atoms with van der Waals surface area (Å²) < 4.78 is 68.3. The number of anilines is 1. The summed E-state index contributed by atoms with van der Waals surface area (Å²) in [5, 5.41) is 14.9. The zero-order valence-electron chi connectivity index (χ0n) is 22.4. The number of thioether (sulfide) groups is 1. The van der Waals surface area contributed by atoms with Gasteiger partial charge in [0.15, 0.2) is 17.1 Å². The molecule has 40 heavy (non-hydrogen) atoms. The van der Waals surface area contributed by atoms with E-state index in [1.807, 2.05) is 13.8 Å². The Morgan fingerprint density at radius 3 is 2.52 bits per heavy atom. The number of piperidine rings is 1. The number of methoxy groups -OCH3 is 1. The predicted molar refractivity (Wildman–Crippen MR) is 145 cm³/mol. The second-order valence-corrected chi connectivity index (χ2v) is 12.5. The minimum atomic E-state index is -4.55. The van der Waals surface area contributed by atoms with E-state index >= 15 is 0 Å². The number of aromatic carboxylic acids is 1. The van der Waals surface area contributed by atoms with Crippen LogP contribution in [-0.4, -0.2) is 76.3 Å². The van der Waals surface area contributed by atoms with Crippen molar-refractivity contribution in [1.29, 1.82) is 0 Å². The fraction of sp³-hybridized carbons (Fsp3) is 0.500. The maximum atomic E-state index is 14.1. The van der Waals surface area contributed by atoms with Crippen LogP contribution >= 0.6 is 23.1 Å². The molecule has 2 aromatic heterocycles. The molecule has 8 nitrogen and oxygen atoms in total. The van der Waals surface area contributed by atoms with Gasteiger partial charge in [-0.2, -0.15) is 27.9 Å². The van der Waals surface area contributed by atoms with Crippen LogP contribution in [0, 0.1) is 12.7 Å². The van der Waals surface area contributed by atoms with Crippen LogP contribution in [0.15, 0.2) is 28.5 Å². The predicted octanol–water partition coefficient (Wildman–Crippen LogP) is 6.21. The lowest BCUT2D eigenvalue weighted by Gasteiger charge is -2.42. The molecule has 0 amide bonds. The highest BCUT2D eigenvalue weighted by molar-refractivity contribution is 8.01. The third-order valence-electron chi connectivity index (χ3n) is 6.52. The SMILES string of the molecule is COCCOC1(C(F)(F)F)CCN(c2nc(-n3nc(C)c(-c4cccc(F)c4)c3C(=O)O)sc2SC(C)C)CC1. The topological polar surface area (TPSA) is 89.7 Å². The molecule has 1 saturated heterocycles. The van der Waals surface area contributed by atoms with Crippen molar-refractivity contribution in [3.63, 3.8) is 0 Å². The summed E-state index contributed by atoms with van der Waals surface area (Å²) in [7, 11) is 1.40. The molecule has 1 fully saturated rings. The number of carboxylic acid groups (broad SMARTS) is 1. The Bertz CT molecular complexity index is 1350. The molecule has 3 aromatic rings. The molecular formula is C26H30F4N4O4S2. The monoisotopic (exact) mass is 602 g/mol. The van der Waals surface area contributed by atoms with E-state index in [1.54, 1.807) is 17.9 Å². The first-order valence-corrected chi connectivity index (χ1v) is 14.3. The zero-order chi connectivity index (χ0) is 29.2. The van der Waals surface area contributed by atoms with E-state index in [1.165, 1.54) is 53.1 Å². The van der Waals surface area contributed by atoms with E-state index in [4.69, 9.17) is 14.5 Å². The number of thiazole rings is 1. The number of hydrogen-bond donors (Lipinski definition) is 1. The van der Waals surface area contributed by atoms with Gasteiger partial charge in [0.25, 0.3) is 0 Å². The number of ether oxygens (including phenoxy) is 2. The van der Waals surface area contributed by atoms with Gasteiger partial charge >= 0.3 is 12.1 Å². The molecule has 0 radical (unpaired) electrons. The number of nitrogens with zero attached hydrogens (tertiary/aromatic N) is 4. The lowest BCUT2D eigenvalue weighted by Crippen LogP contribution is -2.55. The quantitative estimate of drug-likeness (QED) is 0.167. The molecule has 3 heterocycles. The Hall–Kier alpha value is -2.68. The van der Waals surface area contributed by atoms with Crippen LogP contribution in [0.5, 0.6) is 0 Å². The summed E-state index contributed by atoms with van der Waals surface area (Å²) >= 11 is 2.70. The zero-order valence-corrected chi connectivity index (χ0v) is 24.1. The normalized spacial score (nSPS) is 15.7. The van der Waals surface area contributed by atoms with Gasteiger partial charge in [-0.25, -0.2) is 9.18 Å². The van der Waals surface area contributed by atoms with Crippen molar-refractivity contribution in [2.75, 3.05) is 38.3 Å². The molecule has 0 aliphatic carbocycles. The van der Waals surface area contributed by atoms with Gasteiger partial charge in [0, 0.05) is 43.9 Å². The summed E-state index contributed by atoms with van der Waals surface area (Å²) in [4.78, 5) is 18.9. The molecule has 218 valence electrons. The second kappa shape index (κ2) is 12.0. The highest BCUT2D eigenvalue weighted by Gasteiger charge is 2.57. The van der Waals surface area contributed by atoms with Crippen LogP contribution in [0.3, 0.4) is 0 Å². The second-order valence-electron chi connectivity index (χ2n) is 9.63. The van der Waals surface area contributed by atoms with Crippen molar-refractivity contribution < 1.29 is 36.9 Å². The van der Waals surface area contributed by atoms with Crippen molar-refractivity contribution in [2.24, 2.45) is 0 Å². The smallest absolute Gasteiger partial charge is 0.417 e. The van der Waals surface area contributed by atoms with E-state index < -0.39 is 23.6 Å². The van der Waals surface area contributed by atoms with Crippen LogP contribution in [0.1, 0.15) is 42.9 Å². The largest absolute Gasteiger partial charge is 0.476 e. The Balaban J connectivity index is 1.71. The van der Waals surface area contributed by atoms with Crippen LogP contribution in [0.4, 0.5) is 23.4 Å². The number of rotatable bonds is 10. The molecule has 0 saturated carbocycles. The molecule has 0 spiro atoms. The Morgan fingerprint density at radius 2 is 1.95 bits per heavy atom. The molecule has 1 aliphatic heterocycles. The van der Waals surface area contributed by atoms with E-state index in [9.17, 15) is 27.5 Å². The Labute approximate surface area is 237 Å². The highest BCUT2D eigenvalue weighted by atomic mass is 32.2. The molecule has 1 aliphatic rings. The minimum absolute atomic E-state index is 0.0415. The first-order chi connectivity index (χ1) is 18.9. The number of hydrogen-bond acceptors (Lipinski definition) is 8. The lowest BCUT2D eigenvalue weighted by molar-refractivity contribution is -0.286. The van der Waals surface area contributed by atoms with Gasteiger partial charge in [0.2, 0.25) is 5.13 Å². The molecular weight excluding hydrogens is 572 g/mol. The van der Waals surface area contributed by atoms with Crippen LogP contribution in [0.25, 0.3) is 16.3 Å². The summed E-state index contributed by atoms with van der Waals surface area (Å²) in [6.45, 7) is 5.55. The Kier molecular flexibility index (Phi) is 9.12.